The van der Waals surface area contributed by atoms with Crippen LogP contribution in [0.2, 0.25) is 110 Å². The van der Waals surface area contributed by atoms with Crippen molar-refractivity contribution in [3.63, 3.8) is 0 Å². The minimum absolute atomic E-state index is 0. The number of hydrogen-bond donors (Lipinski definition) is 0. The van der Waals surface area contributed by atoms with Gasteiger partial charge in [0.1, 0.15) is 0 Å². The minimum Gasteiger partial charge on any atom is -0.254 e. The fourth-order valence-electron chi connectivity index (χ4n) is 6.91. The molecule has 0 radical (unpaired) electrons. The molecule has 26 heavy (non-hydrogen) atoms. The molecule has 0 aromatic heterocycles. The minimum atomic E-state index is -1.12. The monoisotopic (exact) mass is 502 g/mol. The Morgan fingerprint density at radius 2 is 0.769 bits per heavy atom. The summed E-state index contributed by atoms with van der Waals surface area (Å²) in [5, 5.41) is 0. The molecule has 0 aliphatic rings. The SMILES string of the molecule is C[Si](C)(C)[Si-](CCC[Si]([Si](C)(C)C)([Si](C)(C)C)[Si](C)(C)C)[Si](C)(C)C.[K+]. The van der Waals surface area contributed by atoms with Crippen molar-refractivity contribution in [2.45, 2.75) is 117 Å². The first kappa shape index (κ1) is 31.3. The fourth-order valence-corrected chi connectivity index (χ4v) is 143. The molecule has 0 aromatic carbocycles. The van der Waals surface area contributed by atoms with Crippen LogP contribution >= 0.6 is 0 Å². The van der Waals surface area contributed by atoms with Crippen LogP contribution in [-0.4, -0.2) is 52.4 Å². The fraction of sp³-hybridized carbons (Fsp3) is 1.00. The molecule has 8 heteroatoms. The van der Waals surface area contributed by atoms with Crippen molar-refractivity contribution in [3.05, 3.63) is 0 Å². The van der Waals surface area contributed by atoms with Gasteiger partial charge < -0.3 is 0 Å². The van der Waals surface area contributed by atoms with Crippen molar-refractivity contribution in [1.29, 1.82) is 0 Å². The van der Waals surface area contributed by atoms with Gasteiger partial charge in [0.15, 0.2) is 0 Å². The molecule has 0 bridgehead atoms. The van der Waals surface area contributed by atoms with E-state index in [-0.39, 0.29) is 59.2 Å². The zero-order chi connectivity index (χ0) is 20.7. The number of rotatable bonds is 9. The summed E-state index contributed by atoms with van der Waals surface area (Å²) in [5.74, 6) is 0. The third-order valence-corrected chi connectivity index (χ3v) is 112. The Hall–Kier alpha value is 3.15. The van der Waals surface area contributed by atoms with Gasteiger partial charge in [-0.05, 0) is 0 Å². The van der Waals surface area contributed by atoms with Crippen LogP contribution in [0.4, 0.5) is 0 Å². The van der Waals surface area contributed by atoms with Crippen LogP contribution < -0.4 is 51.4 Å². The van der Waals surface area contributed by atoms with Gasteiger partial charge in [0.25, 0.3) is 0 Å². The van der Waals surface area contributed by atoms with Gasteiger partial charge in [-0.15, -0.1) is 15.2 Å². The van der Waals surface area contributed by atoms with Gasteiger partial charge >= 0.3 is 51.4 Å². The summed E-state index contributed by atoms with van der Waals surface area (Å²) < 4.78 is 0. The second kappa shape index (κ2) is 10.2. The molecule has 0 fully saturated rings. The van der Waals surface area contributed by atoms with E-state index in [0.29, 0.717) is 0 Å². The molecule has 0 aliphatic carbocycles. The molecular formula is C18H51KSi7. The first-order valence-corrected chi connectivity index (χ1v) is 36.9. The van der Waals surface area contributed by atoms with Crippen LogP contribution in [0.3, 0.4) is 0 Å². The molecule has 0 saturated carbocycles. The Morgan fingerprint density at radius 1 is 0.500 bits per heavy atom. The van der Waals surface area contributed by atoms with Gasteiger partial charge in [-0.2, -0.15) is 6.04 Å². The van der Waals surface area contributed by atoms with E-state index in [0.717, 1.165) is 0 Å². The molecule has 0 amide bonds. The van der Waals surface area contributed by atoms with Crippen molar-refractivity contribution in [2.24, 2.45) is 0 Å². The van der Waals surface area contributed by atoms with Crippen LogP contribution in [-0.2, 0) is 0 Å². The summed E-state index contributed by atoms with van der Waals surface area (Å²) in [5.41, 5.74) is 0. The summed E-state index contributed by atoms with van der Waals surface area (Å²) in [6, 6.07) is 3.36. The van der Waals surface area contributed by atoms with E-state index in [2.05, 4.69) is 98.2 Å². The molecule has 0 heterocycles. The molecule has 152 valence electrons. The maximum absolute atomic E-state index is 2.76. The quantitative estimate of drug-likeness (QED) is 0.410. The van der Waals surface area contributed by atoms with E-state index in [1.54, 1.807) is 18.5 Å². The second-order valence-electron chi connectivity index (χ2n) is 13.5. The maximum Gasteiger partial charge on any atom is 1.00 e. The summed E-state index contributed by atoms with van der Waals surface area (Å²) >= 11 is 0. The van der Waals surface area contributed by atoms with Gasteiger partial charge in [0, 0.05) is 29.4 Å². The van der Waals surface area contributed by atoms with Gasteiger partial charge in [-0.25, -0.2) is 0 Å². The molecule has 0 N–H and O–H groups in total. The van der Waals surface area contributed by atoms with E-state index in [9.17, 15) is 0 Å². The third-order valence-electron chi connectivity index (χ3n) is 6.63. The van der Waals surface area contributed by atoms with Crippen LogP contribution in [0.25, 0.3) is 0 Å². The first-order chi connectivity index (χ1) is 10.6. The molecule has 0 aliphatic heterocycles. The Labute approximate surface area is 217 Å². The molecule has 0 saturated heterocycles. The van der Waals surface area contributed by atoms with Crippen molar-refractivity contribution < 1.29 is 51.4 Å². The Morgan fingerprint density at radius 3 is 0.962 bits per heavy atom. The van der Waals surface area contributed by atoms with E-state index in [1.165, 1.54) is 0 Å². The predicted molar refractivity (Wildman–Crippen MR) is 142 cm³/mol. The first-order valence-electron chi connectivity index (χ1n) is 10.5. The summed E-state index contributed by atoms with van der Waals surface area (Å²) in [6.45, 7) is 39.8. The molecule has 0 spiro atoms. The van der Waals surface area contributed by atoms with E-state index >= 15 is 0 Å². The smallest absolute Gasteiger partial charge is 0.254 e. The van der Waals surface area contributed by atoms with Gasteiger partial charge in [0.05, 0.1) is 0 Å². The normalized spacial score (nSPS) is 15.2. The van der Waals surface area contributed by atoms with E-state index < -0.39 is 44.6 Å². The predicted octanol–water partition coefficient (Wildman–Crippen LogP) is 4.41. The largest absolute Gasteiger partial charge is 1.00 e. The Balaban J connectivity index is 0. The van der Waals surface area contributed by atoms with Crippen molar-refractivity contribution >= 4 is 52.4 Å². The zero-order valence-corrected chi connectivity index (χ0v) is 31.7. The molecule has 0 nitrogen and oxygen atoms in total. The summed E-state index contributed by atoms with van der Waals surface area (Å²) in [6.07, 6.45) is 1.61. The second-order valence-corrected chi connectivity index (χ2v) is 79.6. The average Bonchev–Trinajstić information content (AvgIpc) is 2.18. The topological polar surface area (TPSA) is 0 Å². The van der Waals surface area contributed by atoms with Crippen LogP contribution in [0.5, 0.6) is 0 Å². The van der Waals surface area contributed by atoms with Gasteiger partial charge in [-0.1, -0.05) is 111 Å². The summed E-state index contributed by atoms with van der Waals surface area (Å²) in [4.78, 5) is 0. The van der Waals surface area contributed by atoms with Crippen LogP contribution in [0.15, 0.2) is 0 Å². The van der Waals surface area contributed by atoms with E-state index in [4.69, 9.17) is 0 Å². The standard InChI is InChI=1S/C18H51Si7.K/c1-20(2,3)19(21(4,5)6)17-16-18-25(22(7,8)9,23(10,11)12)24(13,14)15;/h16-18H2,1-15H3;/q-1;+1. The van der Waals surface area contributed by atoms with Crippen LogP contribution in [0.1, 0.15) is 6.42 Å². The molecule has 0 rings (SSSR count). The Kier molecular flexibility index (Phi) is 12.3. The van der Waals surface area contributed by atoms with Crippen molar-refractivity contribution in [3.8, 4) is 0 Å². The summed E-state index contributed by atoms with van der Waals surface area (Å²) in [7, 11) is -5.20. The van der Waals surface area contributed by atoms with Crippen LogP contribution in [0, 0.1) is 0 Å². The molecule has 0 unspecified atom stereocenters. The Bertz CT molecular complexity index is 381. The maximum atomic E-state index is 2.76. The number of hydrogen-bond acceptors (Lipinski definition) is 0. The molecular weight excluding hydrogens is 452 g/mol. The van der Waals surface area contributed by atoms with Crippen molar-refractivity contribution in [2.75, 3.05) is 0 Å². The third kappa shape index (κ3) is 7.69. The molecule has 0 atom stereocenters. The average molecular weight is 503 g/mol. The van der Waals surface area contributed by atoms with Crippen molar-refractivity contribution in [1.82, 2.24) is 0 Å². The molecule has 0 aromatic rings. The van der Waals surface area contributed by atoms with Gasteiger partial charge in [-0.3, -0.25) is 7.83 Å². The van der Waals surface area contributed by atoms with E-state index in [1.807, 2.05) is 0 Å². The van der Waals surface area contributed by atoms with Gasteiger partial charge in [0.2, 0.25) is 0 Å². The zero-order valence-electron chi connectivity index (χ0n) is 21.6.